The molecule has 0 radical (unpaired) electrons. The van der Waals surface area contributed by atoms with E-state index in [-0.39, 0.29) is 35.8 Å². The monoisotopic (exact) mass is 552 g/mol. The Bertz CT molecular complexity index is 813. The average Bonchev–Trinajstić information content (AvgIpc) is 3.30. The molecule has 1 unspecified atom stereocenters. The van der Waals surface area contributed by atoms with Crippen molar-refractivity contribution in [2.45, 2.75) is 39.3 Å². The summed E-state index contributed by atoms with van der Waals surface area (Å²) in [6.45, 7) is 8.18. The lowest BCUT2D eigenvalue weighted by atomic mass is 10.1. The first kappa shape index (κ1) is 25.2. The van der Waals surface area contributed by atoms with Gasteiger partial charge in [0.1, 0.15) is 11.9 Å². The molecular weight excluding hydrogens is 519 g/mol. The Morgan fingerprint density at radius 3 is 2.87 bits per heavy atom. The van der Waals surface area contributed by atoms with E-state index in [2.05, 4.69) is 21.7 Å². The van der Waals surface area contributed by atoms with Crippen LogP contribution >= 0.6 is 24.0 Å². The van der Waals surface area contributed by atoms with Crippen molar-refractivity contribution in [2.75, 3.05) is 45.1 Å². The maximum absolute atomic E-state index is 11.9. The number of guanidine groups is 1. The van der Waals surface area contributed by atoms with Crippen molar-refractivity contribution < 1.29 is 17.9 Å². The summed E-state index contributed by atoms with van der Waals surface area (Å²) in [5.41, 5.74) is 2.16. The van der Waals surface area contributed by atoms with Crippen molar-refractivity contribution in [3.05, 3.63) is 29.3 Å². The van der Waals surface area contributed by atoms with E-state index in [0.29, 0.717) is 45.2 Å². The van der Waals surface area contributed by atoms with Gasteiger partial charge in [0, 0.05) is 38.2 Å². The van der Waals surface area contributed by atoms with E-state index in [0.717, 1.165) is 36.4 Å². The second-order valence-electron chi connectivity index (χ2n) is 7.41. The fourth-order valence-electron chi connectivity index (χ4n) is 3.43. The van der Waals surface area contributed by atoms with E-state index < -0.39 is 10.0 Å². The summed E-state index contributed by atoms with van der Waals surface area (Å²) in [7, 11) is -3.07. The first-order valence-electron chi connectivity index (χ1n) is 10.3. The standard InChI is InChI=1S/C20H32N4O4S.HI/c1-3-21-20(22-8-10-24-9-4-12-29(24,25)26)23-14-17-6-5-16(2)13-19(17)28-18-7-11-27-15-18;/h5-6,13,18H,3-4,7-12,14-15H2,1-2H3,(H2,21,22,23);1H. The molecular formula is C20H33IN4O4S. The second kappa shape index (κ2) is 12.1. The number of rotatable bonds is 8. The fraction of sp³-hybridized carbons (Fsp3) is 0.650. The van der Waals surface area contributed by atoms with Crippen LogP contribution in [0.15, 0.2) is 23.2 Å². The number of benzene rings is 1. The molecule has 3 rings (SSSR count). The molecule has 0 amide bonds. The quantitative estimate of drug-likeness (QED) is 0.291. The molecule has 0 saturated carbocycles. The summed E-state index contributed by atoms with van der Waals surface area (Å²) < 4.78 is 36.9. The smallest absolute Gasteiger partial charge is 0.214 e. The van der Waals surface area contributed by atoms with E-state index >= 15 is 0 Å². The van der Waals surface area contributed by atoms with Gasteiger partial charge in [-0.2, -0.15) is 0 Å². The van der Waals surface area contributed by atoms with Crippen molar-refractivity contribution >= 4 is 40.0 Å². The number of ether oxygens (including phenoxy) is 2. The minimum absolute atomic E-state index is 0. The number of nitrogens with one attached hydrogen (secondary N) is 2. The third kappa shape index (κ3) is 7.24. The SMILES string of the molecule is CCNC(=NCc1ccc(C)cc1OC1CCOC1)NCCN1CCCS1(=O)=O.I. The van der Waals surface area contributed by atoms with Crippen LogP contribution < -0.4 is 15.4 Å². The van der Waals surface area contributed by atoms with Crippen molar-refractivity contribution in [1.29, 1.82) is 0 Å². The van der Waals surface area contributed by atoms with Gasteiger partial charge < -0.3 is 20.1 Å². The van der Waals surface area contributed by atoms with Crippen LogP contribution in [0.4, 0.5) is 0 Å². The molecule has 30 heavy (non-hydrogen) atoms. The zero-order valence-corrected chi connectivity index (χ0v) is 20.9. The summed E-state index contributed by atoms with van der Waals surface area (Å²) in [6, 6.07) is 6.15. The predicted molar refractivity (Wildman–Crippen MR) is 129 cm³/mol. The number of hydrogen-bond donors (Lipinski definition) is 2. The number of nitrogens with zero attached hydrogens (tertiary/aromatic N) is 2. The minimum Gasteiger partial charge on any atom is -0.488 e. The molecule has 1 atom stereocenters. The zero-order valence-electron chi connectivity index (χ0n) is 17.7. The Morgan fingerprint density at radius 1 is 1.37 bits per heavy atom. The Kier molecular flexibility index (Phi) is 10.1. The molecule has 8 nitrogen and oxygen atoms in total. The normalized spacial score (nSPS) is 21.3. The van der Waals surface area contributed by atoms with E-state index in [4.69, 9.17) is 9.47 Å². The number of sulfonamides is 1. The topological polar surface area (TPSA) is 92.3 Å². The van der Waals surface area contributed by atoms with Crippen LogP contribution in [0.3, 0.4) is 0 Å². The van der Waals surface area contributed by atoms with Gasteiger partial charge in [-0.1, -0.05) is 12.1 Å². The molecule has 2 fully saturated rings. The van der Waals surface area contributed by atoms with Gasteiger partial charge >= 0.3 is 0 Å². The van der Waals surface area contributed by atoms with Gasteiger partial charge in [0.25, 0.3) is 0 Å². The first-order chi connectivity index (χ1) is 14.0. The molecule has 2 aliphatic heterocycles. The molecule has 10 heteroatoms. The van der Waals surface area contributed by atoms with Crippen LogP contribution in [-0.4, -0.2) is 69.9 Å². The van der Waals surface area contributed by atoms with Gasteiger partial charge in [-0.25, -0.2) is 17.7 Å². The summed E-state index contributed by atoms with van der Waals surface area (Å²) in [6.07, 6.45) is 1.70. The second-order valence-corrected chi connectivity index (χ2v) is 9.49. The van der Waals surface area contributed by atoms with Crippen molar-refractivity contribution in [2.24, 2.45) is 4.99 Å². The van der Waals surface area contributed by atoms with Crippen LogP contribution in [0.2, 0.25) is 0 Å². The Balaban J connectivity index is 0.00000320. The number of hydrogen-bond acceptors (Lipinski definition) is 5. The molecule has 2 heterocycles. The van der Waals surface area contributed by atoms with E-state index in [9.17, 15) is 8.42 Å². The molecule has 1 aromatic rings. The van der Waals surface area contributed by atoms with Gasteiger partial charge in [-0.05, 0) is 31.9 Å². The summed E-state index contributed by atoms with van der Waals surface area (Å²) in [5.74, 6) is 1.77. The highest BCUT2D eigenvalue weighted by Gasteiger charge is 2.27. The fourth-order valence-corrected chi connectivity index (χ4v) is 4.96. The van der Waals surface area contributed by atoms with Crippen LogP contribution in [0, 0.1) is 6.92 Å². The van der Waals surface area contributed by atoms with Crippen molar-refractivity contribution in [3.8, 4) is 5.75 Å². The van der Waals surface area contributed by atoms with Gasteiger partial charge in [0.05, 0.1) is 25.5 Å². The number of aliphatic imine (C=N–C) groups is 1. The van der Waals surface area contributed by atoms with Crippen LogP contribution in [0.25, 0.3) is 0 Å². The van der Waals surface area contributed by atoms with Gasteiger partial charge in [-0.3, -0.25) is 0 Å². The van der Waals surface area contributed by atoms with Gasteiger partial charge in [0.2, 0.25) is 10.0 Å². The lowest BCUT2D eigenvalue weighted by Crippen LogP contribution is -2.42. The zero-order chi connectivity index (χ0) is 20.7. The third-order valence-electron chi connectivity index (χ3n) is 5.01. The maximum Gasteiger partial charge on any atom is 0.214 e. The molecule has 0 aromatic heterocycles. The molecule has 0 bridgehead atoms. The minimum atomic E-state index is -3.07. The molecule has 0 spiro atoms. The molecule has 2 saturated heterocycles. The maximum atomic E-state index is 11.9. The number of aryl methyl sites for hydroxylation is 1. The molecule has 170 valence electrons. The van der Waals surface area contributed by atoms with E-state index in [1.54, 1.807) is 4.31 Å². The van der Waals surface area contributed by atoms with E-state index in [1.807, 2.05) is 26.0 Å². The Hall–Kier alpha value is -1.11. The van der Waals surface area contributed by atoms with Crippen molar-refractivity contribution in [3.63, 3.8) is 0 Å². The van der Waals surface area contributed by atoms with Crippen molar-refractivity contribution in [1.82, 2.24) is 14.9 Å². The van der Waals surface area contributed by atoms with Crippen LogP contribution in [0.5, 0.6) is 5.75 Å². The first-order valence-corrected chi connectivity index (χ1v) is 11.9. The highest BCUT2D eigenvalue weighted by molar-refractivity contribution is 14.0. The Labute approximate surface area is 196 Å². The van der Waals surface area contributed by atoms with E-state index in [1.165, 1.54) is 0 Å². The van der Waals surface area contributed by atoms with Crippen LogP contribution in [0.1, 0.15) is 30.9 Å². The third-order valence-corrected chi connectivity index (χ3v) is 6.97. The summed E-state index contributed by atoms with van der Waals surface area (Å²) >= 11 is 0. The molecule has 0 aliphatic carbocycles. The van der Waals surface area contributed by atoms with Gasteiger partial charge in [-0.15, -0.1) is 24.0 Å². The molecule has 2 N–H and O–H groups in total. The molecule has 1 aromatic carbocycles. The number of halogens is 1. The van der Waals surface area contributed by atoms with Gasteiger partial charge in [0.15, 0.2) is 5.96 Å². The summed E-state index contributed by atoms with van der Waals surface area (Å²) in [4.78, 5) is 4.66. The highest BCUT2D eigenvalue weighted by atomic mass is 127. The average molecular weight is 552 g/mol. The van der Waals surface area contributed by atoms with Crippen LogP contribution in [-0.2, 0) is 21.3 Å². The highest BCUT2D eigenvalue weighted by Crippen LogP contribution is 2.24. The lowest BCUT2D eigenvalue weighted by molar-refractivity contribution is 0.140. The Morgan fingerprint density at radius 2 is 2.20 bits per heavy atom. The predicted octanol–water partition coefficient (Wildman–Crippen LogP) is 1.87. The summed E-state index contributed by atoms with van der Waals surface area (Å²) in [5, 5.41) is 6.44. The largest absolute Gasteiger partial charge is 0.488 e. The lowest BCUT2D eigenvalue weighted by Gasteiger charge is -2.17. The molecule has 2 aliphatic rings.